The maximum absolute atomic E-state index is 11.9. The van der Waals surface area contributed by atoms with Crippen LogP contribution in [0.3, 0.4) is 0 Å². The van der Waals surface area contributed by atoms with Crippen LogP contribution in [0.25, 0.3) is 0 Å². The van der Waals surface area contributed by atoms with Gasteiger partial charge in [-0.3, -0.25) is 0 Å². The smallest absolute Gasteiger partial charge is 0.465 e. The standard InChI is InChI=1S/C15H18BNO4/c1-14(2)15(3,4)21-16(20-14)12-10(9-17)7-6-8-11(12)13(18)19-5/h6-8H,1-5H3/i13+2. The summed E-state index contributed by atoms with van der Waals surface area (Å²) in [5, 5.41) is 9.30. The van der Waals surface area contributed by atoms with Gasteiger partial charge in [-0.2, -0.15) is 5.26 Å². The zero-order valence-electron chi connectivity index (χ0n) is 12.9. The lowest BCUT2D eigenvalue weighted by molar-refractivity contribution is 0.00578. The molecule has 0 aliphatic carbocycles. The van der Waals surface area contributed by atoms with Gasteiger partial charge in [-0.15, -0.1) is 0 Å². The SMILES string of the molecule is CO[14C](=O)c1cccc(C#N)c1B1OC(C)(C)C(C)(C)O1. The van der Waals surface area contributed by atoms with Crippen molar-refractivity contribution in [3.05, 3.63) is 29.3 Å². The lowest BCUT2D eigenvalue weighted by Crippen LogP contribution is -2.41. The summed E-state index contributed by atoms with van der Waals surface area (Å²) < 4.78 is 16.7. The Balaban J connectivity index is 2.55. The molecule has 0 aromatic heterocycles. The lowest BCUT2D eigenvalue weighted by Gasteiger charge is -2.32. The van der Waals surface area contributed by atoms with E-state index < -0.39 is 24.3 Å². The molecule has 5 nitrogen and oxygen atoms in total. The molecule has 1 fully saturated rings. The van der Waals surface area contributed by atoms with Crippen LogP contribution in [0.2, 0.25) is 0 Å². The Kier molecular flexibility index (Phi) is 3.83. The fourth-order valence-electron chi connectivity index (χ4n) is 2.17. The molecule has 0 amide bonds. The van der Waals surface area contributed by atoms with E-state index in [1.165, 1.54) is 7.11 Å². The van der Waals surface area contributed by atoms with Crippen LogP contribution in [-0.2, 0) is 14.0 Å². The second kappa shape index (κ2) is 5.17. The van der Waals surface area contributed by atoms with E-state index in [2.05, 4.69) is 6.07 Å². The van der Waals surface area contributed by atoms with Crippen LogP contribution in [0, 0.1) is 11.3 Å². The molecule has 0 unspecified atom stereocenters. The number of benzene rings is 1. The zero-order valence-corrected chi connectivity index (χ0v) is 12.9. The van der Waals surface area contributed by atoms with Crippen LogP contribution >= 0.6 is 0 Å². The van der Waals surface area contributed by atoms with Gasteiger partial charge < -0.3 is 14.0 Å². The molecule has 0 N–H and O–H groups in total. The predicted molar refractivity (Wildman–Crippen MR) is 78.2 cm³/mol. The summed E-state index contributed by atoms with van der Waals surface area (Å²) in [4.78, 5) is 11.9. The minimum atomic E-state index is -0.778. The third-order valence-electron chi connectivity index (χ3n) is 4.12. The first kappa shape index (κ1) is 15.6. The summed E-state index contributed by atoms with van der Waals surface area (Å²) in [6.07, 6.45) is 0. The molecule has 1 aliphatic rings. The van der Waals surface area contributed by atoms with Crippen molar-refractivity contribution in [2.24, 2.45) is 0 Å². The van der Waals surface area contributed by atoms with Gasteiger partial charge in [-0.1, -0.05) is 6.07 Å². The number of hydrogen-bond acceptors (Lipinski definition) is 5. The molecule has 1 aromatic carbocycles. The summed E-state index contributed by atoms with van der Waals surface area (Å²) in [6, 6.07) is 6.95. The van der Waals surface area contributed by atoms with Crippen molar-refractivity contribution >= 4 is 18.6 Å². The van der Waals surface area contributed by atoms with Gasteiger partial charge in [0, 0.05) is 5.46 Å². The van der Waals surface area contributed by atoms with Gasteiger partial charge in [0.1, 0.15) is 0 Å². The topological polar surface area (TPSA) is 68.6 Å². The Labute approximate surface area is 124 Å². The number of carbonyl (C=O) groups is 1. The highest BCUT2D eigenvalue weighted by Crippen LogP contribution is 2.37. The van der Waals surface area contributed by atoms with Crippen molar-refractivity contribution in [2.75, 3.05) is 7.11 Å². The summed E-state index contributed by atoms with van der Waals surface area (Å²) in [5.41, 5.74) is -0.0433. The predicted octanol–water partition coefficient (Wildman–Crippen LogP) is 1.64. The van der Waals surface area contributed by atoms with Gasteiger partial charge >= 0.3 is 13.1 Å². The molecule has 0 bridgehead atoms. The molecule has 1 saturated heterocycles. The number of carbonyl (C=O) groups excluding carboxylic acids is 1. The normalized spacial score (nSPS) is 19.1. The van der Waals surface area contributed by atoms with E-state index in [0.717, 1.165) is 0 Å². The van der Waals surface area contributed by atoms with Crippen LogP contribution in [0.15, 0.2) is 18.2 Å². The van der Waals surface area contributed by atoms with Crippen LogP contribution in [0.4, 0.5) is 0 Å². The minimum Gasteiger partial charge on any atom is -0.465 e. The summed E-state index contributed by atoms with van der Waals surface area (Å²) in [5.74, 6) is -0.517. The van der Waals surface area contributed by atoms with E-state index in [4.69, 9.17) is 14.0 Å². The van der Waals surface area contributed by atoms with Crippen LogP contribution < -0.4 is 5.46 Å². The van der Waals surface area contributed by atoms with Crippen molar-refractivity contribution in [1.29, 1.82) is 5.26 Å². The Bertz CT molecular complexity index is 603. The molecule has 0 spiro atoms. The maximum atomic E-state index is 11.9. The largest absolute Gasteiger partial charge is 0.497 e. The van der Waals surface area contributed by atoms with Crippen LogP contribution in [-0.4, -0.2) is 31.4 Å². The van der Waals surface area contributed by atoms with E-state index in [-0.39, 0.29) is 5.56 Å². The summed E-state index contributed by atoms with van der Waals surface area (Å²) in [7, 11) is 0.523. The summed E-state index contributed by atoms with van der Waals surface area (Å²) in [6.45, 7) is 7.67. The van der Waals surface area contributed by atoms with Crippen molar-refractivity contribution in [1.82, 2.24) is 0 Å². The number of methoxy groups -OCH3 is 1. The van der Waals surface area contributed by atoms with Gasteiger partial charge in [0.05, 0.1) is 35.5 Å². The highest BCUT2D eigenvalue weighted by Gasteiger charge is 2.53. The third kappa shape index (κ3) is 2.55. The third-order valence-corrected chi connectivity index (χ3v) is 4.12. The lowest BCUT2D eigenvalue weighted by atomic mass is 9.75. The summed E-state index contributed by atoms with van der Waals surface area (Å²) >= 11 is 0. The minimum absolute atomic E-state index is 0.287. The van der Waals surface area contributed by atoms with Gasteiger partial charge in [0.2, 0.25) is 0 Å². The first-order valence-corrected chi connectivity index (χ1v) is 6.70. The molecular formula is C15H18BNO4. The van der Waals surface area contributed by atoms with E-state index in [1.807, 2.05) is 27.7 Å². The Morgan fingerprint density at radius 2 is 1.81 bits per heavy atom. The van der Waals surface area contributed by atoms with Crippen LogP contribution in [0.5, 0.6) is 0 Å². The van der Waals surface area contributed by atoms with Crippen molar-refractivity contribution in [2.45, 2.75) is 38.9 Å². The Morgan fingerprint density at radius 1 is 1.24 bits per heavy atom. The number of esters is 1. The molecule has 6 heteroatoms. The number of nitriles is 1. The molecular weight excluding hydrogens is 271 g/mol. The molecule has 0 saturated carbocycles. The first-order chi connectivity index (χ1) is 9.73. The number of hydrogen-bond donors (Lipinski definition) is 0. The molecule has 110 valence electrons. The second-order valence-electron chi connectivity index (χ2n) is 5.96. The van der Waals surface area contributed by atoms with E-state index in [9.17, 15) is 10.1 Å². The highest BCUT2D eigenvalue weighted by atomic mass is 16.8. The zero-order chi connectivity index (χ0) is 15.8. The van der Waals surface area contributed by atoms with Gasteiger partial charge in [0.25, 0.3) is 0 Å². The van der Waals surface area contributed by atoms with Crippen LogP contribution in [0.1, 0.15) is 43.6 Å². The average molecular weight is 289 g/mol. The van der Waals surface area contributed by atoms with Crippen molar-refractivity contribution in [3.8, 4) is 6.07 Å². The molecule has 21 heavy (non-hydrogen) atoms. The van der Waals surface area contributed by atoms with Gasteiger partial charge in [0.15, 0.2) is 0 Å². The van der Waals surface area contributed by atoms with E-state index >= 15 is 0 Å². The van der Waals surface area contributed by atoms with E-state index in [1.54, 1.807) is 18.2 Å². The molecule has 1 aromatic rings. The highest BCUT2D eigenvalue weighted by molar-refractivity contribution is 6.64. The number of nitrogens with zero attached hydrogens (tertiary/aromatic N) is 1. The monoisotopic (exact) mass is 289 g/mol. The first-order valence-electron chi connectivity index (χ1n) is 6.70. The molecule has 1 aliphatic heterocycles. The Morgan fingerprint density at radius 3 is 2.29 bits per heavy atom. The second-order valence-corrected chi connectivity index (χ2v) is 5.96. The number of rotatable bonds is 2. The van der Waals surface area contributed by atoms with Gasteiger partial charge in [-0.05, 0) is 39.8 Å². The molecule has 1 heterocycles. The molecule has 0 atom stereocenters. The quantitative estimate of drug-likeness (QED) is 0.611. The maximum Gasteiger partial charge on any atom is 0.497 e. The number of ether oxygens (including phenoxy) is 1. The van der Waals surface area contributed by atoms with Crippen molar-refractivity contribution in [3.63, 3.8) is 0 Å². The van der Waals surface area contributed by atoms with Gasteiger partial charge in [-0.25, -0.2) is 4.79 Å². The van der Waals surface area contributed by atoms with E-state index in [0.29, 0.717) is 11.0 Å². The van der Waals surface area contributed by atoms with Crippen molar-refractivity contribution < 1.29 is 18.8 Å². The molecule has 2 rings (SSSR count). The average Bonchev–Trinajstić information content (AvgIpc) is 2.65. The fraction of sp³-hybridized carbons (Fsp3) is 0.467. The fourth-order valence-corrected chi connectivity index (χ4v) is 2.17. The Hall–Kier alpha value is -1.84. The molecule has 0 radical (unpaired) electrons.